The van der Waals surface area contributed by atoms with Crippen LogP contribution < -0.4 is 10.6 Å². The Kier molecular flexibility index (Phi) is 8.00. The monoisotopic (exact) mass is 366 g/mol. The van der Waals surface area contributed by atoms with Crippen molar-refractivity contribution < 1.29 is 4.74 Å². The highest BCUT2D eigenvalue weighted by molar-refractivity contribution is 6.31. The van der Waals surface area contributed by atoms with E-state index in [0.29, 0.717) is 6.54 Å². The molecule has 0 aromatic heterocycles. The van der Waals surface area contributed by atoms with Crippen LogP contribution in [0.4, 0.5) is 0 Å². The summed E-state index contributed by atoms with van der Waals surface area (Å²) in [6.45, 7) is 13.5. The predicted octanol–water partition coefficient (Wildman–Crippen LogP) is 2.50. The molecule has 0 bridgehead atoms. The van der Waals surface area contributed by atoms with E-state index in [1.165, 1.54) is 0 Å². The van der Waals surface area contributed by atoms with E-state index in [1.807, 2.05) is 18.2 Å². The second-order valence-corrected chi connectivity index (χ2v) is 7.35. The van der Waals surface area contributed by atoms with Crippen molar-refractivity contribution in [1.82, 2.24) is 15.5 Å². The van der Waals surface area contributed by atoms with Crippen molar-refractivity contribution in [3.05, 3.63) is 34.9 Å². The van der Waals surface area contributed by atoms with E-state index in [2.05, 4.69) is 42.4 Å². The molecule has 0 saturated carbocycles. The lowest BCUT2D eigenvalue weighted by molar-refractivity contribution is 0.0389. The summed E-state index contributed by atoms with van der Waals surface area (Å²) in [5.41, 5.74) is 1.01. The average molecular weight is 367 g/mol. The van der Waals surface area contributed by atoms with E-state index in [0.717, 1.165) is 62.5 Å². The number of benzene rings is 1. The molecule has 0 radical (unpaired) electrons. The van der Waals surface area contributed by atoms with Crippen molar-refractivity contribution in [2.75, 3.05) is 52.5 Å². The first kappa shape index (κ1) is 20.0. The number of morpholine rings is 1. The number of halogens is 1. The molecule has 1 aliphatic heterocycles. The molecule has 25 heavy (non-hydrogen) atoms. The number of aliphatic imine (C=N–C) groups is 1. The normalized spacial score (nSPS) is 16.7. The van der Waals surface area contributed by atoms with Gasteiger partial charge < -0.3 is 15.4 Å². The van der Waals surface area contributed by atoms with Gasteiger partial charge in [-0.15, -0.1) is 0 Å². The fraction of sp³-hybridized carbons (Fsp3) is 0.632. The number of guanidine groups is 1. The van der Waals surface area contributed by atoms with Gasteiger partial charge in [-0.2, -0.15) is 0 Å². The summed E-state index contributed by atoms with van der Waals surface area (Å²) in [7, 11) is 0. The summed E-state index contributed by atoms with van der Waals surface area (Å²) in [6.07, 6.45) is 0. The Hall–Kier alpha value is -1.30. The van der Waals surface area contributed by atoms with Gasteiger partial charge in [-0.05, 0) is 18.6 Å². The third-order valence-electron chi connectivity index (χ3n) is 4.40. The number of hydrogen-bond acceptors (Lipinski definition) is 3. The van der Waals surface area contributed by atoms with Crippen molar-refractivity contribution >= 4 is 17.6 Å². The molecule has 1 aromatic rings. The lowest BCUT2D eigenvalue weighted by Crippen LogP contribution is -2.44. The lowest BCUT2D eigenvalue weighted by atomic mass is 9.85. The molecule has 1 saturated heterocycles. The maximum Gasteiger partial charge on any atom is 0.191 e. The molecule has 0 atom stereocenters. The summed E-state index contributed by atoms with van der Waals surface area (Å²) < 4.78 is 5.38. The SMILES string of the molecule is CCNC(=NCC(C)(C)c1ccccc1Cl)NCCN1CCOCC1. The number of rotatable bonds is 7. The van der Waals surface area contributed by atoms with Gasteiger partial charge in [0.05, 0.1) is 19.8 Å². The van der Waals surface area contributed by atoms with Crippen LogP contribution in [0, 0.1) is 0 Å². The number of ether oxygens (including phenoxy) is 1. The first-order valence-electron chi connectivity index (χ1n) is 9.10. The van der Waals surface area contributed by atoms with Crippen LogP contribution in [-0.2, 0) is 10.2 Å². The standard InChI is InChI=1S/C19H31ClN4O/c1-4-21-18(22-9-10-24-11-13-25-14-12-24)23-15-19(2,3)16-7-5-6-8-17(16)20/h5-8H,4,9-15H2,1-3H3,(H2,21,22,23). The highest BCUT2D eigenvalue weighted by Gasteiger charge is 2.23. The first-order valence-corrected chi connectivity index (χ1v) is 9.48. The van der Waals surface area contributed by atoms with Gasteiger partial charge in [0.2, 0.25) is 0 Å². The van der Waals surface area contributed by atoms with Gasteiger partial charge in [0, 0.05) is 43.2 Å². The van der Waals surface area contributed by atoms with Gasteiger partial charge in [-0.3, -0.25) is 9.89 Å². The van der Waals surface area contributed by atoms with Crippen LogP contribution in [0.2, 0.25) is 5.02 Å². The Morgan fingerprint density at radius 1 is 1.24 bits per heavy atom. The lowest BCUT2D eigenvalue weighted by Gasteiger charge is -2.27. The van der Waals surface area contributed by atoms with E-state index in [4.69, 9.17) is 21.3 Å². The summed E-state index contributed by atoms with van der Waals surface area (Å²) in [5, 5.41) is 7.55. The molecule has 0 spiro atoms. The first-order chi connectivity index (χ1) is 12.0. The molecule has 6 heteroatoms. The molecular formula is C19H31ClN4O. The van der Waals surface area contributed by atoms with Crippen molar-refractivity contribution in [1.29, 1.82) is 0 Å². The maximum atomic E-state index is 6.36. The van der Waals surface area contributed by atoms with Crippen LogP contribution >= 0.6 is 11.6 Å². The summed E-state index contributed by atoms with van der Waals surface area (Å²) in [5.74, 6) is 0.857. The van der Waals surface area contributed by atoms with Gasteiger partial charge in [0.1, 0.15) is 0 Å². The van der Waals surface area contributed by atoms with Crippen molar-refractivity contribution in [2.24, 2.45) is 4.99 Å². The smallest absolute Gasteiger partial charge is 0.191 e. The van der Waals surface area contributed by atoms with Crippen LogP contribution in [0.5, 0.6) is 0 Å². The van der Waals surface area contributed by atoms with Crippen molar-refractivity contribution in [2.45, 2.75) is 26.2 Å². The van der Waals surface area contributed by atoms with Gasteiger partial charge >= 0.3 is 0 Å². The third kappa shape index (κ3) is 6.49. The third-order valence-corrected chi connectivity index (χ3v) is 4.73. The fourth-order valence-corrected chi connectivity index (χ4v) is 3.26. The van der Waals surface area contributed by atoms with E-state index < -0.39 is 0 Å². The molecule has 1 aromatic carbocycles. The topological polar surface area (TPSA) is 48.9 Å². The molecular weight excluding hydrogens is 336 g/mol. The molecule has 1 fully saturated rings. The molecule has 0 amide bonds. The highest BCUT2D eigenvalue weighted by Crippen LogP contribution is 2.29. The quantitative estimate of drug-likeness (QED) is 0.575. The zero-order chi connectivity index (χ0) is 18.1. The van der Waals surface area contributed by atoms with Gasteiger partial charge in [0.25, 0.3) is 0 Å². The van der Waals surface area contributed by atoms with E-state index >= 15 is 0 Å². The van der Waals surface area contributed by atoms with Crippen LogP contribution in [0.15, 0.2) is 29.3 Å². The maximum absolute atomic E-state index is 6.36. The van der Waals surface area contributed by atoms with Gasteiger partial charge in [0.15, 0.2) is 5.96 Å². The summed E-state index contributed by atoms with van der Waals surface area (Å²) in [6, 6.07) is 8.01. The minimum atomic E-state index is -0.120. The minimum absolute atomic E-state index is 0.120. The number of nitrogens with one attached hydrogen (secondary N) is 2. The predicted molar refractivity (Wildman–Crippen MR) is 106 cm³/mol. The van der Waals surface area contributed by atoms with E-state index in [1.54, 1.807) is 0 Å². The van der Waals surface area contributed by atoms with Crippen LogP contribution in [-0.4, -0.2) is 63.3 Å². The average Bonchev–Trinajstić information content (AvgIpc) is 2.61. The molecule has 2 rings (SSSR count). The van der Waals surface area contributed by atoms with Gasteiger partial charge in [-0.1, -0.05) is 43.6 Å². The zero-order valence-electron chi connectivity index (χ0n) is 15.6. The molecule has 0 aliphatic carbocycles. The fourth-order valence-electron chi connectivity index (χ4n) is 2.87. The van der Waals surface area contributed by atoms with Crippen LogP contribution in [0.25, 0.3) is 0 Å². The Balaban J connectivity index is 1.90. The minimum Gasteiger partial charge on any atom is -0.379 e. The molecule has 1 heterocycles. The highest BCUT2D eigenvalue weighted by atomic mass is 35.5. The second kappa shape index (κ2) is 10.00. The molecule has 140 valence electrons. The molecule has 0 unspecified atom stereocenters. The molecule has 2 N–H and O–H groups in total. The Morgan fingerprint density at radius 3 is 2.64 bits per heavy atom. The molecule has 1 aliphatic rings. The van der Waals surface area contributed by atoms with E-state index in [-0.39, 0.29) is 5.41 Å². The Labute approximate surface area is 156 Å². The largest absolute Gasteiger partial charge is 0.379 e. The number of hydrogen-bond donors (Lipinski definition) is 2. The Morgan fingerprint density at radius 2 is 1.96 bits per heavy atom. The van der Waals surface area contributed by atoms with E-state index in [9.17, 15) is 0 Å². The van der Waals surface area contributed by atoms with Gasteiger partial charge in [-0.25, -0.2) is 0 Å². The van der Waals surface area contributed by atoms with Crippen LogP contribution in [0.1, 0.15) is 26.3 Å². The summed E-state index contributed by atoms with van der Waals surface area (Å²) in [4.78, 5) is 7.19. The Bertz CT molecular complexity index is 556. The number of nitrogens with zero attached hydrogens (tertiary/aromatic N) is 2. The molecule has 5 nitrogen and oxygen atoms in total. The summed E-state index contributed by atoms with van der Waals surface area (Å²) >= 11 is 6.36. The van der Waals surface area contributed by atoms with Crippen LogP contribution in [0.3, 0.4) is 0 Å². The zero-order valence-corrected chi connectivity index (χ0v) is 16.4. The van der Waals surface area contributed by atoms with Crippen molar-refractivity contribution in [3.63, 3.8) is 0 Å². The van der Waals surface area contributed by atoms with Crippen molar-refractivity contribution in [3.8, 4) is 0 Å². The second-order valence-electron chi connectivity index (χ2n) is 6.94.